The standard InChI is InChI=1S/C22H34N4O9/c1-12(2)9-16(23-13(3)28)20(32)25-15(22(34)35)6-7-18(29)26-8-4-5-17(26)21(33)24-14(11-27)10-19(30)31/h11-12,14-17H,4-10H2,1-3H3,(H,23,28)(H,24,33)(H,25,32)(H,30,31)(H,34,35)/t14-,15?,16-,17?/m0/s1. The Hall–Kier alpha value is -3.51. The van der Waals surface area contributed by atoms with Gasteiger partial charge in [0.2, 0.25) is 23.6 Å². The maximum Gasteiger partial charge on any atom is 0.326 e. The Labute approximate surface area is 203 Å². The van der Waals surface area contributed by atoms with E-state index in [0.29, 0.717) is 25.5 Å². The molecule has 4 atom stereocenters. The molecule has 1 heterocycles. The molecule has 35 heavy (non-hydrogen) atoms. The summed E-state index contributed by atoms with van der Waals surface area (Å²) in [6.45, 7) is 5.17. The number of hydrogen-bond donors (Lipinski definition) is 5. The van der Waals surface area contributed by atoms with Crippen molar-refractivity contribution in [3.05, 3.63) is 0 Å². The molecule has 0 radical (unpaired) electrons. The second-order valence-corrected chi connectivity index (χ2v) is 8.91. The molecule has 0 aromatic rings. The average molecular weight is 499 g/mol. The van der Waals surface area contributed by atoms with Crippen molar-refractivity contribution in [2.24, 2.45) is 5.92 Å². The normalized spacial score (nSPS) is 17.7. The molecule has 4 amide bonds. The minimum absolute atomic E-state index is 0.0509. The maximum absolute atomic E-state index is 12.8. The van der Waals surface area contributed by atoms with Crippen LogP contribution < -0.4 is 16.0 Å². The van der Waals surface area contributed by atoms with Gasteiger partial charge in [0.1, 0.15) is 24.4 Å². The first-order valence-electron chi connectivity index (χ1n) is 11.4. The predicted molar refractivity (Wildman–Crippen MR) is 121 cm³/mol. The third-order valence-electron chi connectivity index (χ3n) is 5.42. The van der Waals surface area contributed by atoms with Crippen LogP contribution in [-0.2, 0) is 33.6 Å². The number of rotatable bonds is 14. The predicted octanol–water partition coefficient (Wildman–Crippen LogP) is -0.964. The monoisotopic (exact) mass is 498 g/mol. The summed E-state index contributed by atoms with van der Waals surface area (Å²) in [5, 5.41) is 25.5. The smallest absolute Gasteiger partial charge is 0.326 e. The number of hydrogen-bond acceptors (Lipinski definition) is 7. The van der Waals surface area contributed by atoms with E-state index >= 15 is 0 Å². The lowest BCUT2D eigenvalue weighted by atomic mass is 10.0. The van der Waals surface area contributed by atoms with E-state index in [-0.39, 0.29) is 25.3 Å². The molecule has 2 unspecified atom stereocenters. The number of likely N-dealkylation sites (tertiary alicyclic amines) is 1. The number of aliphatic carboxylic acids is 2. The van der Waals surface area contributed by atoms with E-state index in [2.05, 4.69) is 16.0 Å². The van der Waals surface area contributed by atoms with Crippen LogP contribution in [0.4, 0.5) is 0 Å². The van der Waals surface area contributed by atoms with Gasteiger partial charge in [0, 0.05) is 19.9 Å². The number of aldehydes is 1. The Morgan fingerprint density at radius 2 is 1.69 bits per heavy atom. The molecule has 13 heteroatoms. The Bertz CT molecular complexity index is 830. The van der Waals surface area contributed by atoms with Gasteiger partial charge in [-0.25, -0.2) is 4.79 Å². The number of carbonyl (C=O) groups is 7. The first kappa shape index (κ1) is 29.5. The molecule has 0 aliphatic carbocycles. The third-order valence-corrected chi connectivity index (χ3v) is 5.42. The van der Waals surface area contributed by atoms with Crippen molar-refractivity contribution in [1.82, 2.24) is 20.9 Å². The van der Waals surface area contributed by atoms with E-state index in [9.17, 15) is 38.7 Å². The van der Waals surface area contributed by atoms with Gasteiger partial charge in [-0.1, -0.05) is 13.8 Å². The highest BCUT2D eigenvalue weighted by atomic mass is 16.4. The zero-order chi connectivity index (χ0) is 26.7. The van der Waals surface area contributed by atoms with Crippen molar-refractivity contribution >= 4 is 41.9 Å². The molecule has 5 N–H and O–H groups in total. The van der Waals surface area contributed by atoms with Crippen molar-refractivity contribution in [2.45, 2.75) is 83.5 Å². The molecule has 0 bridgehead atoms. The lowest BCUT2D eigenvalue weighted by Gasteiger charge is -2.26. The molecule has 0 saturated carbocycles. The quantitative estimate of drug-likeness (QED) is 0.187. The van der Waals surface area contributed by atoms with Crippen LogP contribution in [0.3, 0.4) is 0 Å². The average Bonchev–Trinajstić information content (AvgIpc) is 3.24. The van der Waals surface area contributed by atoms with Gasteiger partial charge in [-0.2, -0.15) is 0 Å². The van der Waals surface area contributed by atoms with E-state index < -0.39 is 66.2 Å². The first-order valence-corrected chi connectivity index (χ1v) is 11.4. The van der Waals surface area contributed by atoms with E-state index in [1.54, 1.807) is 0 Å². The summed E-state index contributed by atoms with van der Waals surface area (Å²) < 4.78 is 0. The van der Waals surface area contributed by atoms with Crippen LogP contribution in [0.15, 0.2) is 0 Å². The molecule has 1 saturated heterocycles. The number of carbonyl (C=O) groups excluding carboxylic acids is 5. The van der Waals surface area contributed by atoms with Crippen LogP contribution in [0.25, 0.3) is 0 Å². The van der Waals surface area contributed by atoms with Gasteiger partial charge in [0.25, 0.3) is 0 Å². The lowest BCUT2D eigenvalue weighted by molar-refractivity contribution is -0.144. The van der Waals surface area contributed by atoms with Gasteiger partial charge in [-0.15, -0.1) is 0 Å². The summed E-state index contributed by atoms with van der Waals surface area (Å²) in [6, 6.07) is -4.45. The van der Waals surface area contributed by atoms with Gasteiger partial charge in [0.05, 0.1) is 12.5 Å². The third kappa shape index (κ3) is 10.1. The molecule has 13 nitrogen and oxygen atoms in total. The summed E-state index contributed by atoms with van der Waals surface area (Å²) in [4.78, 5) is 84.0. The molecule has 1 rings (SSSR count). The SMILES string of the molecule is CC(=O)N[C@@H](CC(C)C)C(=O)NC(CCC(=O)N1CCCC1C(=O)N[C@H](C=O)CC(=O)O)C(=O)O. The van der Waals surface area contributed by atoms with E-state index in [0.717, 1.165) is 0 Å². The highest BCUT2D eigenvalue weighted by Gasteiger charge is 2.36. The maximum atomic E-state index is 12.8. The minimum Gasteiger partial charge on any atom is -0.481 e. The Morgan fingerprint density at radius 3 is 2.20 bits per heavy atom. The van der Waals surface area contributed by atoms with Crippen molar-refractivity contribution in [2.75, 3.05) is 6.54 Å². The summed E-state index contributed by atoms with van der Waals surface area (Å²) in [7, 11) is 0. The first-order chi connectivity index (χ1) is 16.3. The Balaban J connectivity index is 2.77. The summed E-state index contributed by atoms with van der Waals surface area (Å²) >= 11 is 0. The number of nitrogens with zero attached hydrogens (tertiary/aromatic N) is 1. The van der Waals surface area contributed by atoms with Crippen LogP contribution in [0.5, 0.6) is 0 Å². The van der Waals surface area contributed by atoms with Gasteiger partial charge in [-0.3, -0.25) is 24.0 Å². The van der Waals surface area contributed by atoms with Gasteiger partial charge in [-0.05, 0) is 31.6 Å². The van der Waals surface area contributed by atoms with Crippen LogP contribution in [0.1, 0.15) is 59.3 Å². The Morgan fingerprint density at radius 1 is 1.03 bits per heavy atom. The zero-order valence-electron chi connectivity index (χ0n) is 20.1. The largest absolute Gasteiger partial charge is 0.481 e. The number of amides is 4. The Kier molecular flexibility index (Phi) is 11.8. The molecular weight excluding hydrogens is 464 g/mol. The molecular formula is C22H34N4O9. The van der Waals surface area contributed by atoms with E-state index in [4.69, 9.17) is 5.11 Å². The molecule has 0 aromatic heterocycles. The van der Waals surface area contributed by atoms with E-state index in [1.807, 2.05) is 13.8 Å². The fourth-order valence-corrected chi connectivity index (χ4v) is 3.83. The molecule has 0 aromatic carbocycles. The zero-order valence-corrected chi connectivity index (χ0v) is 20.1. The topological polar surface area (TPSA) is 199 Å². The summed E-state index contributed by atoms with van der Waals surface area (Å²) in [5.41, 5.74) is 0. The van der Waals surface area contributed by atoms with Gasteiger partial charge in [0.15, 0.2) is 0 Å². The van der Waals surface area contributed by atoms with Crippen LogP contribution in [-0.4, -0.2) is 87.7 Å². The van der Waals surface area contributed by atoms with E-state index in [1.165, 1.54) is 11.8 Å². The summed E-state index contributed by atoms with van der Waals surface area (Å²) in [6.07, 6.45) is 0.305. The molecule has 196 valence electrons. The van der Waals surface area contributed by atoms with Crippen molar-refractivity contribution in [3.8, 4) is 0 Å². The molecule has 0 spiro atoms. The number of carboxylic acid groups (broad SMARTS) is 2. The van der Waals surface area contributed by atoms with Crippen LogP contribution in [0.2, 0.25) is 0 Å². The number of nitrogens with one attached hydrogen (secondary N) is 3. The summed E-state index contributed by atoms with van der Waals surface area (Å²) in [5.74, 6) is -4.85. The second-order valence-electron chi connectivity index (χ2n) is 8.91. The number of carboxylic acids is 2. The van der Waals surface area contributed by atoms with Crippen molar-refractivity contribution < 1.29 is 43.8 Å². The lowest BCUT2D eigenvalue weighted by Crippen LogP contribution is -2.52. The van der Waals surface area contributed by atoms with Gasteiger partial charge >= 0.3 is 11.9 Å². The minimum atomic E-state index is -1.39. The highest BCUT2D eigenvalue weighted by Crippen LogP contribution is 2.20. The van der Waals surface area contributed by atoms with Crippen LogP contribution in [0, 0.1) is 5.92 Å². The molecule has 1 fully saturated rings. The van der Waals surface area contributed by atoms with Crippen molar-refractivity contribution in [3.63, 3.8) is 0 Å². The molecule has 1 aliphatic rings. The highest BCUT2D eigenvalue weighted by molar-refractivity contribution is 5.92. The van der Waals surface area contributed by atoms with Gasteiger partial charge < -0.3 is 35.9 Å². The fourth-order valence-electron chi connectivity index (χ4n) is 3.83. The fraction of sp³-hybridized carbons (Fsp3) is 0.682. The second kappa shape index (κ2) is 14.0. The van der Waals surface area contributed by atoms with Crippen molar-refractivity contribution in [1.29, 1.82) is 0 Å². The van der Waals surface area contributed by atoms with Crippen LogP contribution >= 0.6 is 0 Å². The molecule has 1 aliphatic heterocycles.